The number of nitrogens with two attached hydrogens (primary N) is 1. The van der Waals surface area contributed by atoms with Crippen LogP contribution in [0, 0.1) is 5.41 Å². The molecule has 27 heavy (non-hydrogen) atoms. The van der Waals surface area contributed by atoms with E-state index < -0.39 is 6.04 Å². The molecule has 1 aliphatic heterocycles. The first kappa shape index (κ1) is 28.8. The maximum atomic E-state index is 12.0. The van der Waals surface area contributed by atoms with E-state index in [1.807, 2.05) is 39.0 Å². The quantitative estimate of drug-likeness (QED) is 0.706. The number of hydrogen-bond donors (Lipinski definition) is 2. The Morgan fingerprint density at radius 2 is 1.78 bits per heavy atom. The van der Waals surface area contributed by atoms with Crippen molar-refractivity contribution in [2.75, 3.05) is 44.2 Å². The minimum Gasteiger partial charge on any atom is -0.369 e. The molecule has 0 aromatic heterocycles. The van der Waals surface area contributed by atoms with E-state index in [2.05, 4.69) is 21.2 Å². The monoisotopic (exact) mass is 460 g/mol. The first-order valence-corrected chi connectivity index (χ1v) is 8.91. The van der Waals surface area contributed by atoms with Gasteiger partial charge in [-0.25, -0.2) is 0 Å². The number of benzene rings is 1. The molecule has 1 atom stereocenters. The number of amides is 1. The number of hydrogen-bond acceptors (Lipinski definition) is 4. The Morgan fingerprint density at radius 3 is 2.30 bits per heavy atom. The third-order valence-electron chi connectivity index (χ3n) is 4.49. The average molecular weight is 462 g/mol. The summed E-state index contributed by atoms with van der Waals surface area (Å²) in [5.74, 6) is -0.0694. The molecule has 1 aromatic carbocycles. The summed E-state index contributed by atoms with van der Waals surface area (Å²) < 4.78 is 0. The van der Waals surface area contributed by atoms with Crippen LogP contribution >= 0.6 is 48.8 Å². The molecule has 1 aliphatic rings. The molecule has 5 nitrogen and oxygen atoms in total. The molecule has 0 aliphatic carbocycles. The van der Waals surface area contributed by atoms with Crippen molar-refractivity contribution in [3.8, 4) is 0 Å². The van der Waals surface area contributed by atoms with Crippen LogP contribution in [0.1, 0.15) is 20.8 Å². The van der Waals surface area contributed by atoms with E-state index in [4.69, 9.17) is 17.3 Å². The van der Waals surface area contributed by atoms with Crippen molar-refractivity contribution in [3.63, 3.8) is 0 Å². The molecule has 0 unspecified atom stereocenters. The van der Waals surface area contributed by atoms with Gasteiger partial charge in [-0.3, -0.25) is 9.69 Å². The Morgan fingerprint density at radius 1 is 1.19 bits per heavy atom. The van der Waals surface area contributed by atoms with Gasteiger partial charge < -0.3 is 16.0 Å². The van der Waals surface area contributed by atoms with Crippen LogP contribution < -0.4 is 16.0 Å². The van der Waals surface area contributed by atoms with Crippen molar-refractivity contribution in [1.29, 1.82) is 0 Å². The summed E-state index contributed by atoms with van der Waals surface area (Å²) in [6.45, 7) is 11.3. The number of halogens is 4. The number of rotatable bonds is 5. The van der Waals surface area contributed by atoms with Crippen LogP contribution in [0.3, 0.4) is 0 Å². The largest absolute Gasteiger partial charge is 0.369 e. The predicted molar refractivity (Wildman–Crippen MR) is 122 cm³/mol. The average Bonchev–Trinajstić information content (AvgIpc) is 2.54. The van der Waals surface area contributed by atoms with E-state index in [0.717, 1.165) is 37.7 Å². The molecule has 1 fully saturated rings. The molecule has 2 rings (SSSR count). The van der Waals surface area contributed by atoms with Crippen molar-refractivity contribution in [2.24, 2.45) is 11.1 Å². The molecule has 0 spiro atoms. The molecule has 0 bridgehead atoms. The summed E-state index contributed by atoms with van der Waals surface area (Å²) in [4.78, 5) is 16.7. The molecule has 158 valence electrons. The molecule has 1 heterocycles. The number of carbonyl (C=O) groups excluding carboxylic acids is 1. The summed E-state index contributed by atoms with van der Waals surface area (Å²) in [5.41, 5.74) is 6.92. The first-order chi connectivity index (χ1) is 11.3. The van der Waals surface area contributed by atoms with Crippen LogP contribution in [0.4, 0.5) is 5.69 Å². The van der Waals surface area contributed by atoms with E-state index in [-0.39, 0.29) is 48.5 Å². The highest BCUT2D eigenvalue weighted by Crippen LogP contribution is 2.20. The Labute approximate surface area is 186 Å². The molecule has 0 saturated carbocycles. The highest BCUT2D eigenvalue weighted by atomic mass is 35.5. The summed E-state index contributed by atoms with van der Waals surface area (Å²) in [5, 5.41) is 3.72. The van der Waals surface area contributed by atoms with Crippen LogP contribution in [0.2, 0.25) is 5.02 Å². The van der Waals surface area contributed by atoms with Gasteiger partial charge in [0.15, 0.2) is 0 Å². The zero-order chi connectivity index (χ0) is 17.7. The zero-order valence-corrected chi connectivity index (χ0v) is 19.3. The standard InChI is InChI=1S/C18H29ClN4O.3ClH/c1-18(2,3)16(20)17(24)21-7-8-22-9-11-23(12-10-22)15-6-4-5-14(19)13-15;;;/h4-6,13,16H,7-12,20H2,1-3H3,(H,21,24);3*1H/t16-;;;/m1.../s1. The zero-order valence-electron chi connectivity index (χ0n) is 16.1. The molecule has 9 heteroatoms. The number of nitrogens with zero attached hydrogens (tertiary/aromatic N) is 2. The number of carbonyl (C=O) groups is 1. The highest BCUT2D eigenvalue weighted by Gasteiger charge is 2.27. The van der Waals surface area contributed by atoms with Crippen LogP contribution in [-0.4, -0.2) is 56.1 Å². The Kier molecular flexibility index (Phi) is 13.8. The first-order valence-electron chi connectivity index (χ1n) is 8.53. The van der Waals surface area contributed by atoms with Crippen LogP contribution in [0.25, 0.3) is 0 Å². The van der Waals surface area contributed by atoms with E-state index in [1.165, 1.54) is 5.69 Å². The second-order valence-electron chi connectivity index (χ2n) is 7.44. The third kappa shape index (κ3) is 9.07. The molecule has 0 radical (unpaired) electrons. The van der Waals surface area contributed by atoms with Crippen LogP contribution in [0.5, 0.6) is 0 Å². The number of piperazine rings is 1. The van der Waals surface area contributed by atoms with Gasteiger partial charge in [0.1, 0.15) is 0 Å². The van der Waals surface area contributed by atoms with Gasteiger partial charge in [-0.15, -0.1) is 37.2 Å². The second kappa shape index (κ2) is 12.9. The van der Waals surface area contributed by atoms with Gasteiger partial charge >= 0.3 is 0 Å². The SMILES string of the molecule is CC(C)(C)[C@H](N)C(=O)NCCN1CCN(c2cccc(Cl)c2)CC1.Cl.Cl.Cl. The topological polar surface area (TPSA) is 61.6 Å². The van der Waals surface area contributed by atoms with E-state index in [9.17, 15) is 4.79 Å². The van der Waals surface area contributed by atoms with Crippen molar-refractivity contribution < 1.29 is 4.79 Å². The molecule has 1 aromatic rings. The van der Waals surface area contributed by atoms with Crippen molar-refractivity contribution in [2.45, 2.75) is 26.8 Å². The van der Waals surface area contributed by atoms with E-state index >= 15 is 0 Å². The predicted octanol–water partition coefficient (Wildman–Crippen LogP) is 3.22. The third-order valence-corrected chi connectivity index (χ3v) is 4.72. The lowest BCUT2D eigenvalue weighted by atomic mass is 9.87. The van der Waals surface area contributed by atoms with Gasteiger partial charge in [0, 0.05) is 50.0 Å². The minimum absolute atomic E-state index is 0. The van der Waals surface area contributed by atoms with Gasteiger partial charge in [0.2, 0.25) is 5.91 Å². The van der Waals surface area contributed by atoms with Gasteiger partial charge in [-0.05, 0) is 23.6 Å². The Hall–Kier alpha value is -0.430. The fourth-order valence-corrected chi connectivity index (χ4v) is 2.93. The lowest BCUT2D eigenvalue weighted by Crippen LogP contribution is -2.52. The summed E-state index contributed by atoms with van der Waals surface area (Å²) >= 11 is 6.06. The van der Waals surface area contributed by atoms with Crippen LogP contribution in [0.15, 0.2) is 24.3 Å². The van der Waals surface area contributed by atoms with Crippen molar-refractivity contribution in [1.82, 2.24) is 10.2 Å². The van der Waals surface area contributed by atoms with Crippen molar-refractivity contribution >= 4 is 60.4 Å². The van der Waals surface area contributed by atoms with Gasteiger partial charge in [-0.1, -0.05) is 38.4 Å². The lowest BCUT2D eigenvalue weighted by molar-refractivity contribution is -0.124. The highest BCUT2D eigenvalue weighted by molar-refractivity contribution is 6.30. The molecule has 3 N–H and O–H groups in total. The fourth-order valence-electron chi connectivity index (χ4n) is 2.74. The number of anilines is 1. The lowest BCUT2D eigenvalue weighted by Gasteiger charge is -2.36. The van der Waals surface area contributed by atoms with E-state index in [1.54, 1.807) is 0 Å². The molecule has 1 amide bonds. The summed E-state index contributed by atoms with van der Waals surface area (Å²) in [6.07, 6.45) is 0. The summed E-state index contributed by atoms with van der Waals surface area (Å²) in [6, 6.07) is 7.50. The maximum absolute atomic E-state index is 12.0. The number of nitrogens with one attached hydrogen (secondary N) is 1. The Balaban J connectivity index is 0. The van der Waals surface area contributed by atoms with Gasteiger partial charge in [0.05, 0.1) is 6.04 Å². The minimum atomic E-state index is -0.475. The smallest absolute Gasteiger partial charge is 0.237 e. The normalized spacial score (nSPS) is 15.7. The van der Waals surface area contributed by atoms with Crippen LogP contribution in [-0.2, 0) is 4.79 Å². The molecular formula is C18H32Cl4N4O. The molecule has 1 saturated heterocycles. The van der Waals surface area contributed by atoms with Gasteiger partial charge in [0.25, 0.3) is 0 Å². The van der Waals surface area contributed by atoms with E-state index in [0.29, 0.717) is 6.54 Å². The molecular weight excluding hydrogens is 430 g/mol. The van der Waals surface area contributed by atoms with Crippen molar-refractivity contribution in [3.05, 3.63) is 29.3 Å². The second-order valence-corrected chi connectivity index (χ2v) is 7.88. The Bertz CT molecular complexity index is 561. The van der Waals surface area contributed by atoms with Gasteiger partial charge in [-0.2, -0.15) is 0 Å². The maximum Gasteiger partial charge on any atom is 0.237 e. The fraction of sp³-hybridized carbons (Fsp3) is 0.611. The summed E-state index contributed by atoms with van der Waals surface area (Å²) in [7, 11) is 0.